The standard InChI is InChI=1S/C13H24N4OS2.HI/c1-10-8-16-11(19-10)9-17-12(14-5)15-6-7-20(18)13(2,3)4;/h8H,6-7,9H2,1-5H3,(H2,14,15,17);1H. The zero-order valence-electron chi connectivity index (χ0n) is 13.2. The van der Waals surface area contributed by atoms with E-state index < -0.39 is 10.8 Å². The molecule has 0 bridgehead atoms. The molecule has 0 aliphatic carbocycles. The molecule has 1 atom stereocenters. The van der Waals surface area contributed by atoms with Crippen LogP contribution in [0.15, 0.2) is 11.2 Å². The number of hydrogen-bond donors (Lipinski definition) is 2. The minimum Gasteiger partial charge on any atom is -0.355 e. The third-order valence-corrected chi connectivity index (χ3v) is 5.42. The first-order valence-corrected chi connectivity index (χ1v) is 8.71. The minimum atomic E-state index is -0.848. The molecule has 0 saturated carbocycles. The van der Waals surface area contributed by atoms with E-state index in [-0.39, 0.29) is 28.7 Å². The average molecular weight is 444 g/mol. The van der Waals surface area contributed by atoms with Crippen LogP contribution in [0.25, 0.3) is 0 Å². The summed E-state index contributed by atoms with van der Waals surface area (Å²) in [5, 5.41) is 7.40. The predicted molar refractivity (Wildman–Crippen MR) is 103 cm³/mol. The van der Waals surface area contributed by atoms with Crippen molar-refractivity contribution in [2.24, 2.45) is 4.99 Å². The monoisotopic (exact) mass is 444 g/mol. The summed E-state index contributed by atoms with van der Waals surface area (Å²) in [6.07, 6.45) is 1.87. The van der Waals surface area contributed by atoms with Crippen molar-refractivity contribution in [1.82, 2.24) is 15.6 Å². The summed E-state index contributed by atoms with van der Waals surface area (Å²) in [5.41, 5.74) is 0. The lowest BCUT2D eigenvalue weighted by Gasteiger charge is -2.18. The number of nitrogens with zero attached hydrogens (tertiary/aromatic N) is 2. The Morgan fingerprint density at radius 2 is 2.10 bits per heavy atom. The van der Waals surface area contributed by atoms with Crippen LogP contribution in [0.2, 0.25) is 0 Å². The quantitative estimate of drug-likeness (QED) is 0.416. The summed E-state index contributed by atoms with van der Waals surface area (Å²) in [4.78, 5) is 9.63. The maximum absolute atomic E-state index is 11.9. The van der Waals surface area contributed by atoms with Crippen molar-refractivity contribution in [1.29, 1.82) is 0 Å². The van der Waals surface area contributed by atoms with Crippen molar-refractivity contribution >= 4 is 52.1 Å². The molecule has 0 saturated heterocycles. The van der Waals surface area contributed by atoms with E-state index in [1.165, 1.54) is 4.88 Å². The second kappa shape index (κ2) is 9.73. The van der Waals surface area contributed by atoms with Gasteiger partial charge in [0.2, 0.25) is 0 Å². The smallest absolute Gasteiger partial charge is 0.191 e. The molecule has 0 amide bonds. The molecule has 1 rings (SSSR count). The van der Waals surface area contributed by atoms with E-state index in [4.69, 9.17) is 0 Å². The second-order valence-corrected chi connectivity index (χ2v) is 9.02. The Bertz CT molecular complexity index is 483. The Labute approximate surface area is 150 Å². The van der Waals surface area contributed by atoms with E-state index in [2.05, 4.69) is 20.6 Å². The molecule has 1 unspecified atom stereocenters. The van der Waals surface area contributed by atoms with Crippen LogP contribution in [-0.4, -0.2) is 39.2 Å². The zero-order valence-corrected chi connectivity index (χ0v) is 17.2. The van der Waals surface area contributed by atoms with Crippen molar-refractivity contribution in [3.63, 3.8) is 0 Å². The van der Waals surface area contributed by atoms with Crippen LogP contribution in [0.3, 0.4) is 0 Å². The van der Waals surface area contributed by atoms with Gasteiger partial charge in [0.15, 0.2) is 5.96 Å². The Hall–Kier alpha value is -0.220. The predicted octanol–water partition coefficient (Wildman–Crippen LogP) is 2.28. The Morgan fingerprint density at radius 3 is 2.57 bits per heavy atom. The molecule has 0 radical (unpaired) electrons. The van der Waals surface area contributed by atoms with Gasteiger partial charge in [-0.05, 0) is 27.7 Å². The highest BCUT2D eigenvalue weighted by Gasteiger charge is 2.18. The third-order valence-electron chi connectivity index (χ3n) is 2.56. The van der Waals surface area contributed by atoms with Gasteiger partial charge in [-0.15, -0.1) is 35.3 Å². The van der Waals surface area contributed by atoms with Crippen molar-refractivity contribution in [3.8, 4) is 0 Å². The molecule has 21 heavy (non-hydrogen) atoms. The number of halogens is 1. The van der Waals surface area contributed by atoms with Crippen LogP contribution >= 0.6 is 35.3 Å². The fraction of sp³-hybridized carbons (Fsp3) is 0.692. The van der Waals surface area contributed by atoms with E-state index in [0.29, 0.717) is 24.8 Å². The highest BCUT2D eigenvalue weighted by molar-refractivity contribution is 14.0. The summed E-state index contributed by atoms with van der Waals surface area (Å²) < 4.78 is 11.7. The number of hydrogen-bond acceptors (Lipinski definition) is 4. The fourth-order valence-corrected chi connectivity index (χ4v) is 3.06. The largest absolute Gasteiger partial charge is 0.355 e. The van der Waals surface area contributed by atoms with Gasteiger partial charge in [-0.25, -0.2) is 4.98 Å². The number of thiazole rings is 1. The number of guanidine groups is 1. The van der Waals surface area contributed by atoms with Gasteiger partial charge in [0.05, 0.1) is 6.54 Å². The highest BCUT2D eigenvalue weighted by Crippen LogP contribution is 2.11. The topological polar surface area (TPSA) is 66.4 Å². The van der Waals surface area contributed by atoms with Crippen LogP contribution in [-0.2, 0) is 17.3 Å². The van der Waals surface area contributed by atoms with Crippen LogP contribution in [0.5, 0.6) is 0 Å². The van der Waals surface area contributed by atoms with E-state index in [0.717, 1.165) is 5.01 Å². The van der Waals surface area contributed by atoms with Gasteiger partial charge in [-0.2, -0.15) is 0 Å². The molecular weight excluding hydrogens is 419 g/mol. The average Bonchev–Trinajstić information content (AvgIpc) is 2.78. The summed E-state index contributed by atoms with van der Waals surface area (Å²) in [6, 6.07) is 0. The Balaban J connectivity index is 0.00000400. The molecule has 2 N–H and O–H groups in total. The van der Waals surface area contributed by atoms with Crippen LogP contribution < -0.4 is 10.6 Å². The van der Waals surface area contributed by atoms with Gasteiger partial charge in [0.1, 0.15) is 5.01 Å². The number of rotatable bonds is 5. The van der Waals surface area contributed by atoms with Gasteiger partial charge in [-0.3, -0.25) is 9.20 Å². The van der Waals surface area contributed by atoms with E-state index in [1.807, 2.05) is 33.9 Å². The van der Waals surface area contributed by atoms with Crippen LogP contribution in [0.4, 0.5) is 0 Å². The summed E-state index contributed by atoms with van der Waals surface area (Å²) in [5.74, 6) is 1.32. The molecule has 1 aromatic heterocycles. The lowest BCUT2D eigenvalue weighted by atomic mass is 10.3. The third kappa shape index (κ3) is 8.10. The molecule has 0 spiro atoms. The Morgan fingerprint density at radius 1 is 1.43 bits per heavy atom. The first kappa shape index (κ1) is 20.8. The fourth-order valence-electron chi connectivity index (χ4n) is 1.43. The molecule has 0 aliphatic rings. The minimum absolute atomic E-state index is 0. The zero-order chi connectivity index (χ0) is 15.2. The number of aliphatic imine (C=N–C) groups is 1. The van der Waals surface area contributed by atoms with E-state index in [9.17, 15) is 4.21 Å². The molecule has 0 aliphatic heterocycles. The van der Waals surface area contributed by atoms with Crippen molar-refractivity contribution in [2.45, 2.75) is 39.0 Å². The van der Waals surface area contributed by atoms with Crippen LogP contribution in [0.1, 0.15) is 30.7 Å². The molecule has 8 heteroatoms. The van der Waals surface area contributed by atoms with Crippen LogP contribution in [0, 0.1) is 6.92 Å². The summed E-state index contributed by atoms with van der Waals surface area (Å²) >= 11 is 1.67. The van der Waals surface area contributed by atoms with E-state index in [1.54, 1.807) is 18.4 Å². The first-order chi connectivity index (χ1) is 9.32. The van der Waals surface area contributed by atoms with Crippen molar-refractivity contribution in [2.75, 3.05) is 19.3 Å². The van der Waals surface area contributed by atoms with Gasteiger partial charge in [0, 0.05) is 46.0 Å². The molecule has 1 aromatic rings. The van der Waals surface area contributed by atoms with Gasteiger partial charge in [-0.1, -0.05) is 0 Å². The first-order valence-electron chi connectivity index (χ1n) is 6.57. The number of aromatic nitrogens is 1. The lowest BCUT2D eigenvalue weighted by Crippen LogP contribution is -2.40. The lowest BCUT2D eigenvalue weighted by molar-refractivity contribution is 0.647. The number of nitrogens with one attached hydrogen (secondary N) is 2. The second-order valence-electron chi connectivity index (χ2n) is 5.38. The number of aryl methyl sites for hydroxylation is 1. The van der Waals surface area contributed by atoms with Crippen molar-refractivity contribution in [3.05, 3.63) is 16.1 Å². The highest BCUT2D eigenvalue weighted by atomic mass is 127. The molecule has 0 aromatic carbocycles. The van der Waals surface area contributed by atoms with Gasteiger partial charge < -0.3 is 10.6 Å². The molecule has 122 valence electrons. The van der Waals surface area contributed by atoms with E-state index >= 15 is 0 Å². The Kier molecular flexibility index (Phi) is 9.63. The summed E-state index contributed by atoms with van der Waals surface area (Å²) in [6.45, 7) is 9.29. The SMILES string of the molecule is CN=C(NCCS(=O)C(C)(C)C)NCc1ncc(C)s1.I. The molecular formula is C13H25IN4OS2. The van der Waals surface area contributed by atoms with Gasteiger partial charge >= 0.3 is 0 Å². The summed E-state index contributed by atoms with van der Waals surface area (Å²) in [7, 11) is 0.877. The molecule has 0 fully saturated rings. The van der Waals surface area contributed by atoms with Gasteiger partial charge in [0.25, 0.3) is 0 Å². The molecule has 1 heterocycles. The molecule has 5 nitrogen and oxygen atoms in total. The maximum Gasteiger partial charge on any atom is 0.191 e. The maximum atomic E-state index is 11.9. The van der Waals surface area contributed by atoms with Crippen molar-refractivity contribution < 1.29 is 4.21 Å². The normalized spacial score (nSPS) is 13.5.